The third-order valence-electron chi connectivity index (χ3n) is 7.18. The summed E-state index contributed by atoms with van der Waals surface area (Å²) in [6.45, 7) is 2.19. The van der Waals surface area contributed by atoms with Crippen LogP contribution < -0.4 is 5.43 Å². The van der Waals surface area contributed by atoms with Crippen molar-refractivity contribution in [2.24, 2.45) is 5.92 Å². The molecule has 0 bridgehead atoms. The van der Waals surface area contributed by atoms with Crippen LogP contribution in [0.2, 0.25) is 0 Å². The third kappa shape index (κ3) is 8.52. The largest absolute Gasteiger partial charge is 0.464 e. The minimum Gasteiger partial charge on any atom is -0.464 e. The second kappa shape index (κ2) is 13.8. The molecule has 46 heavy (non-hydrogen) atoms. The molecule has 0 N–H and O–H groups in total. The number of para-hydroxylation sites is 1. The Bertz CT molecular complexity index is 1730. The topological polar surface area (TPSA) is 70.8 Å². The van der Waals surface area contributed by atoms with Crippen LogP contribution in [0.5, 0.6) is 0 Å². The average molecular weight is 651 g/mol. The normalized spacial score (nSPS) is 12.0. The summed E-state index contributed by atoms with van der Waals surface area (Å²) >= 11 is 0. The second-order valence-electron chi connectivity index (χ2n) is 11.2. The van der Waals surface area contributed by atoms with Crippen molar-refractivity contribution in [2.45, 2.75) is 45.7 Å². The maximum atomic E-state index is 13.8. The van der Waals surface area contributed by atoms with Gasteiger partial charge >= 0.3 is 12.4 Å². The third-order valence-corrected chi connectivity index (χ3v) is 7.18. The maximum Gasteiger partial charge on any atom is 0.416 e. The Hall–Kier alpha value is -4.68. The lowest BCUT2D eigenvalue weighted by Crippen LogP contribution is -2.43. The van der Waals surface area contributed by atoms with Crippen LogP contribution in [-0.4, -0.2) is 34.7 Å². The second-order valence-corrected chi connectivity index (χ2v) is 11.2. The molecule has 4 aromatic rings. The number of hydrogen-bond acceptors (Lipinski definition) is 4. The Kier molecular flexibility index (Phi) is 10.2. The summed E-state index contributed by atoms with van der Waals surface area (Å²) in [6, 6.07) is 12.1. The molecular weight excluding hydrogens is 621 g/mol. The van der Waals surface area contributed by atoms with Crippen molar-refractivity contribution in [3.8, 4) is 0 Å². The molecule has 0 spiro atoms. The molecule has 0 radical (unpaired) electrons. The first-order valence-electron chi connectivity index (χ1n) is 14.1. The molecule has 0 saturated heterocycles. The quantitative estimate of drug-likeness (QED) is 0.165. The molecule has 0 saturated carbocycles. The zero-order chi connectivity index (χ0) is 33.8. The molecule has 0 unspecified atom stereocenters. The lowest BCUT2D eigenvalue weighted by Gasteiger charge is -2.28. The molecular formula is C33H29F7N2O4. The fraction of sp³-hybridized carbons (Fsp3) is 0.303. The SMILES string of the molecule is CC(C)CCN(CC(=O)N(Cc1ccc(F)cc1)Cc1coc2ccccc2c1=O)C(=O)c1cc(C(F)(F)F)cc(C(F)(F)F)c1. The van der Waals surface area contributed by atoms with Crippen molar-refractivity contribution in [1.29, 1.82) is 0 Å². The van der Waals surface area contributed by atoms with Gasteiger partial charge in [0.05, 0.1) is 34.9 Å². The number of carbonyl (C=O) groups excluding carboxylic acids is 2. The summed E-state index contributed by atoms with van der Waals surface area (Å²) in [5, 5.41) is 0.243. The highest BCUT2D eigenvalue weighted by Crippen LogP contribution is 2.36. The van der Waals surface area contributed by atoms with Gasteiger partial charge in [0.1, 0.15) is 17.9 Å². The Morgan fingerprint density at radius 1 is 0.826 bits per heavy atom. The summed E-state index contributed by atoms with van der Waals surface area (Å²) in [7, 11) is 0. The highest BCUT2D eigenvalue weighted by atomic mass is 19.4. The number of carbonyl (C=O) groups is 2. The van der Waals surface area contributed by atoms with Crippen LogP contribution in [0, 0.1) is 11.7 Å². The summed E-state index contributed by atoms with van der Waals surface area (Å²) in [5.41, 5.74) is -3.83. The number of fused-ring (bicyclic) bond motifs is 1. The molecule has 244 valence electrons. The van der Waals surface area contributed by atoms with Crippen LogP contribution in [0.25, 0.3) is 11.0 Å². The molecule has 0 fully saturated rings. The van der Waals surface area contributed by atoms with Crippen LogP contribution in [-0.2, 0) is 30.2 Å². The highest BCUT2D eigenvalue weighted by molar-refractivity contribution is 5.97. The van der Waals surface area contributed by atoms with Gasteiger partial charge in [-0.3, -0.25) is 14.4 Å². The van der Waals surface area contributed by atoms with Crippen molar-refractivity contribution in [3.05, 3.63) is 117 Å². The van der Waals surface area contributed by atoms with E-state index in [-0.39, 0.29) is 49.0 Å². The summed E-state index contributed by atoms with van der Waals surface area (Å²) < 4.78 is 100. The molecule has 0 atom stereocenters. The van der Waals surface area contributed by atoms with Crippen molar-refractivity contribution in [2.75, 3.05) is 13.1 Å². The molecule has 0 aliphatic carbocycles. The Balaban J connectivity index is 1.71. The summed E-state index contributed by atoms with van der Waals surface area (Å²) in [4.78, 5) is 42.6. The van der Waals surface area contributed by atoms with Gasteiger partial charge in [0, 0.05) is 18.7 Å². The molecule has 4 rings (SSSR count). The number of rotatable bonds is 10. The van der Waals surface area contributed by atoms with Gasteiger partial charge in [-0.15, -0.1) is 0 Å². The van der Waals surface area contributed by atoms with Gasteiger partial charge in [-0.25, -0.2) is 4.39 Å². The van der Waals surface area contributed by atoms with E-state index in [2.05, 4.69) is 0 Å². The molecule has 1 aromatic heterocycles. The van der Waals surface area contributed by atoms with E-state index in [1.165, 1.54) is 29.4 Å². The lowest BCUT2D eigenvalue weighted by atomic mass is 10.0. The van der Waals surface area contributed by atoms with Crippen LogP contribution in [0.3, 0.4) is 0 Å². The van der Waals surface area contributed by atoms with Crippen molar-refractivity contribution >= 4 is 22.8 Å². The molecule has 0 aliphatic rings. The first-order chi connectivity index (χ1) is 21.5. The number of benzene rings is 3. The fourth-order valence-corrected chi connectivity index (χ4v) is 4.67. The van der Waals surface area contributed by atoms with Crippen LogP contribution >= 0.6 is 0 Å². The Morgan fingerprint density at radius 2 is 1.43 bits per heavy atom. The maximum absolute atomic E-state index is 13.8. The fourth-order valence-electron chi connectivity index (χ4n) is 4.67. The number of nitrogens with zero attached hydrogens (tertiary/aromatic N) is 2. The van der Waals surface area contributed by atoms with Gasteiger partial charge in [0.25, 0.3) is 5.91 Å². The predicted octanol–water partition coefficient (Wildman–Crippen LogP) is 7.69. The first-order valence-corrected chi connectivity index (χ1v) is 14.1. The molecule has 13 heteroatoms. The van der Waals surface area contributed by atoms with E-state index >= 15 is 0 Å². The average Bonchev–Trinajstić information content (AvgIpc) is 2.99. The van der Waals surface area contributed by atoms with Gasteiger partial charge in [0.2, 0.25) is 5.91 Å². The summed E-state index contributed by atoms with van der Waals surface area (Å²) in [6.07, 6.45) is -8.90. The van der Waals surface area contributed by atoms with Crippen LogP contribution in [0.1, 0.15) is 52.9 Å². The monoisotopic (exact) mass is 650 g/mol. The molecule has 2 amide bonds. The van der Waals surface area contributed by atoms with Gasteiger partial charge in [-0.05, 0) is 60.4 Å². The Morgan fingerprint density at radius 3 is 2.02 bits per heavy atom. The number of alkyl halides is 6. The first kappa shape index (κ1) is 34.2. The molecule has 1 heterocycles. The molecule has 0 aliphatic heterocycles. The van der Waals surface area contributed by atoms with Crippen molar-refractivity contribution < 1.29 is 44.7 Å². The predicted molar refractivity (Wildman–Crippen MR) is 155 cm³/mol. The zero-order valence-corrected chi connectivity index (χ0v) is 24.7. The number of halogens is 7. The van der Waals surface area contributed by atoms with Crippen molar-refractivity contribution in [1.82, 2.24) is 9.80 Å². The highest BCUT2D eigenvalue weighted by Gasteiger charge is 2.38. The molecule has 6 nitrogen and oxygen atoms in total. The van der Waals surface area contributed by atoms with Gasteiger partial charge in [0.15, 0.2) is 5.43 Å². The van der Waals surface area contributed by atoms with Gasteiger partial charge in [-0.2, -0.15) is 26.3 Å². The van der Waals surface area contributed by atoms with E-state index in [4.69, 9.17) is 4.42 Å². The van der Waals surface area contributed by atoms with Crippen molar-refractivity contribution in [3.63, 3.8) is 0 Å². The minimum atomic E-state index is -5.18. The van der Waals surface area contributed by atoms with Crippen LogP contribution in [0.15, 0.2) is 82.2 Å². The van der Waals surface area contributed by atoms with Crippen LogP contribution in [0.4, 0.5) is 30.7 Å². The summed E-state index contributed by atoms with van der Waals surface area (Å²) in [5.74, 6) is -2.56. The van der Waals surface area contributed by atoms with E-state index in [0.717, 1.165) is 17.0 Å². The van der Waals surface area contributed by atoms with E-state index in [0.29, 0.717) is 23.3 Å². The van der Waals surface area contributed by atoms with E-state index < -0.39 is 58.6 Å². The van der Waals surface area contributed by atoms with Gasteiger partial charge in [-0.1, -0.05) is 38.1 Å². The smallest absolute Gasteiger partial charge is 0.416 e. The van der Waals surface area contributed by atoms with E-state index in [1.807, 2.05) is 0 Å². The number of amides is 2. The van der Waals surface area contributed by atoms with E-state index in [1.54, 1.807) is 32.0 Å². The molecule has 3 aromatic carbocycles. The Labute approximate surface area is 259 Å². The van der Waals surface area contributed by atoms with Gasteiger partial charge < -0.3 is 14.2 Å². The van der Waals surface area contributed by atoms with E-state index in [9.17, 15) is 45.1 Å². The standard InChI is InChI=1S/C33H29F7N2O4/c1-20(2)11-12-41(31(45)22-13-24(32(35,36)37)15-25(14-22)33(38,39)40)18-29(43)42(16-21-7-9-26(34)10-8-21)17-23-19-46-28-6-4-3-5-27(28)30(23)44/h3-10,13-15,19-20H,11-12,16-18H2,1-2H3. The number of hydrogen-bond donors (Lipinski definition) is 0. The lowest BCUT2D eigenvalue weighted by molar-refractivity contribution is -0.143. The zero-order valence-electron chi connectivity index (χ0n) is 24.7. The minimum absolute atomic E-state index is 0.0461.